The molecule has 0 bridgehead atoms. The fourth-order valence-electron chi connectivity index (χ4n) is 1.98. The first-order chi connectivity index (χ1) is 11.5. The maximum Gasteiger partial charge on any atom is 0.255 e. The summed E-state index contributed by atoms with van der Waals surface area (Å²) in [5.41, 5.74) is 0.842. The highest BCUT2D eigenvalue weighted by Crippen LogP contribution is 2.37. The molecule has 0 saturated carbocycles. The minimum Gasteiger partial charge on any atom is -0.493 e. The van der Waals surface area contributed by atoms with E-state index < -0.39 is 0 Å². The number of halogens is 3. The number of methoxy groups -OCH3 is 1. The van der Waals surface area contributed by atoms with Crippen LogP contribution in [-0.4, -0.2) is 19.6 Å². The fourth-order valence-corrected chi connectivity index (χ4v) is 2.88. The lowest BCUT2D eigenvalue weighted by molar-refractivity contribution is 0.102. The fraction of sp³-hybridized carbons (Fsp3) is 0.235. The molecule has 7 heteroatoms. The Kier molecular flexibility index (Phi) is 6.78. The molecule has 0 aliphatic carbocycles. The number of hydrogen-bond donors (Lipinski definition) is 1. The van der Waals surface area contributed by atoms with Crippen molar-refractivity contribution in [2.45, 2.75) is 13.3 Å². The summed E-state index contributed by atoms with van der Waals surface area (Å²) in [6, 6.07) is 8.15. The average molecular weight is 433 g/mol. The number of hydrogen-bond acceptors (Lipinski definition) is 3. The first-order valence-electron chi connectivity index (χ1n) is 7.23. The monoisotopic (exact) mass is 431 g/mol. The van der Waals surface area contributed by atoms with E-state index in [0.29, 0.717) is 43.9 Å². The van der Waals surface area contributed by atoms with Crippen LogP contribution in [0.25, 0.3) is 0 Å². The normalized spacial score (nSPS) is 10.4. The number of nitrogens with one attached hydrogen (secondary N) is 1. The summed E-state index contributed by atoms with van der Waals surface area (Å²) < 4.78 is 11.6. The number of benzene rings is 2. The van der Waals surface area contributed by atoms with E-state index in [4.69, 9.17) is 32.7 Å². The van der Waals surface area contributed by atoms with Crippen LogP contribution in [0.4, 0.5) is 5.69 Å². The molecule has 1 amide bonds. The van der Waals surface area contributed by atoms with Crippen LogP contribution in [0.15, 0.2) is 34.8 Å². The zero-order valence-corrected chi connectivity index (χ0v) is 16.3. The zero-order valence-electron chi connectivity index (χ0n) is 13.2. The van der Waals surface area contributed by atoms with E-state index >= 15 is 0 Å². The van der Waals surface area contributed by atoms with Crippen molar-refractivity contribution in [3.05, 3.63) is 50.4 Å². The number of carbonyl (C=O) groups is 1. The molecule has 0 heterocycles. The zero-order chi connectivity index (χ0) is 17.7. The van der Waals surface area contributed by atoms with Crippen molar-refractivity contribution in [1.82, 2.24) is 0 Å². The summed E-state index contributed by atoms with van der Waals surface area (Å²) in [5, 5.41) is 3.62. The second kappa shape index (κ2) is 8.60. The molecule has 0 aromatic heterocycles. The van der Waals surface area contributed by atoms with Crippen LogP contribution in [0.5, 0.6) is 11.5 Å². The van der Waals surface area contributed by atoms with Crippen molar-refractivity contribution < 1.29 is 14.3 Å². The highest BCUT2D eigenvalue weighted by Gasteiger charge is 2.16. The molecule has 0 unspecified atom stereocenters. The molecule has 2 aromatic rings. The Balaban J connectivity index is 2.29. The number of ether oxygens (including phenoxy) is 2. The Morgan fingerprint density at radius 1 is 1.25 bits per heavy atom. The van der Waals surface area contributed by atoms with Crippen molar-refractivity contribution in [3.8, 4) is 11.5 Å². The molecule has 2 aromatic carbocycles. The highest BCUT2D eigenvalue weighted by atomic mass is 79.9. The van der Waals surface area contributed by atoms with E-state index in [9.17, 15) is 4.79 Å². The number of rotatable bonds is 6. The number of carbonyl (C=O) groups excluding carboxylic acids is 1. The average Bonchev–Trinajstić information content (AvgIpc) is 2.56. The molecular weight excluding hydrogens is 417 g/mol. The van der Waals surface area contributed by atoms with Gasteiger partial charge in [-0.05, 0) is 52.7 Å². The van der Waals surface area contributed by atoms with Gasteiger partial charge in [0.1, 0.15) is 0 Å². The van der Waals surface area contributed by atoms with Gasteiger partial charge < -0.3 is 14.8 Å². The van der Waals surface area contributed by atoms with Crippen LogP contribution in [0, 0.1) is 0 Å². The summed E-state index contributed by atoms with van der Waals surface area (Å²) >= 11 is 15.4. The van der Waals surface area contributed by atoms with Crippen molar-refractivity contribution in [2.24, 2.45) is 0 Å². The lowest BCUT2D eigenvalue weighted by Crippen LogP contribution is -2.13. The standard InChI is InChI=1S/C17H16BrCl2NO3/c1-3-6-24-16-12(18)7-10(8-15(16)23-2)17(22)21-14-9-11(19)4-5-13(14)20/h4-5,7-9H,3,6H2,1-2H3,(H,21,22). The van der Waals surface area contributed by atoms with E-state index in [2.05, 4.69) is 21.2 Å². The van der Waals surface area contributed by atoms with Gasteiger partial charge in [-0.25, -0.2) is 0 Å². The first-order valence-corrected chi connectivity index (χ1v) is 8.78. The maximum atomic E-state index is 12.5. The number of amides is 1. The maximum absolute atomic E-state index is 12.5. The Bertz CT molecular complexity index is 753. The summed E-state index contributed by atoms with van der Waals surface area (Å²) in [4.78, 5) is 12.5. The molecule has 0 radical (unpaired) electrons. The summed E-state index contributed by atoms with van der Waals surface area (Å²) in [6.45, 7) is 2.57. The van der Waals surface area contributed by atoms with Crippen LogP contribution in [0.1, 0.15) is 23.7 Å². The third-order valence-electron chi connectivity index (χ3n) is 3.12. The smallest absolute Gasteiger partial charge is 0.255 e. The van der Waals surface area contributed by atoms with Gasteiger partial charge in [-0.3, -0.25) is 4.79 Å². The van der Waals surface area contributed by atoms with Gasteiger partial charge in [-0.1, -0.05) is 30.1 Å². The van der Waals surface area contributed by atoms with Gasteiger partial charge in [-0.15, -0.1) is 0 Å². The van der Waals surface area contributed by atoms with Crippen molar-refractivity contribution in [1.29, 1.82) is 0 Å². The Morgan fingerprint density at radius 3 is 2.67 bits per heavy atom. The molecule has 0 saturated heterocycles. The quantitative estimate of drug-likeness (QED) is 0.626. The SMILES string of the molecule is CCCOc1c(Br)cc(C(=O)Nc2cc(Cl)ccc2Cl)cc1OC. The lowest BCUT2D eigenvalue weighted by Gasteiger charge is -2.14. The first kappa shape index (κ1) is 18.9. The third-order valence-corrected chi connectivity index (χ3v) is 4.27. The van der Waals surface area contributed by atoms with Crippen LogP contribution in [-0.2, 0) is 0 Å². The topological polar surface area (TPSA) is 47.6 Å². The molecule has 0 aliphatic heterocycles. The van der Waals surface area contributed by atoms with E-state index in [0.717, 1.165) is 6.42 Å². The molecule has 128 valence electrons. The lowest BCUT2D eigenvalue weighted by atomic mass is 10.1. The van der Waals surface area contributed by atoms with E-state index in [1.807, 2.05) is 6.92 Å². The van der Waals surface area contributed by atoms with Crippen LogP contribution >= 0.6 is 39.1 Å². The van der Waals surface area contributed by atoms with Crippen molar-refractivity contribution >= 4 is 50.7 Å². The van der Waals surface area contributed by atoms with Gasteiger partial charge in [0.15, 0.2) is 11.5 Å². The van der Waals surface area contributed by atoms with Crippen LogP contribution < -0.4 is 14.8 Å². The summed E-state index contributed by atoms with van der Waals surface area (Å²) in [6.07, 6.45) is 0.866. The van der Waals surface area contributed by atoms with Gasteiger partial charge >= 0.3 is 0 Å². The Hall–Kier alpha value is -1.43. The third kappa shape index (κ3) is 4.56. The van der Waals surface area contributed by atoms with Crippen molar-refractivity contribution in [3.63, 3.8) is 0 Å². The van der Waals surface area contributed by atoms with Crippen molar-refractivity contribution in [2.75, 3.05) is 19.0 Å². The molecule has 24 heavy (non-hydrogen) atoms. The van der Waals surface area contributed by atoms with Gasteiger partial charge in [0.2, 0.25) is 0 Å². The minimum absolute atomic E-state index is 0.333. The van der Waals surface area contributed by atoms with Crippen LogP contribution in [0.2, 0.25) is 10.0 Å². The number of anilines is 1. The molecule has 0 atom stereocenters. The Morgan fingerprint density at radius 2 is 2.00 bits per heavy atom. The predicted molar refractivity (Wildman–Crippen MR) is 101 cm³/mol. The molecule has 4 nitrogen and oxygen atoms in total. The van der Waals surface area contributed by atoms with Gasteiger partial charge in [0.25, 0.3) is 5.91 Å². The molecule has 0 fully saturated rings. The molecule has 1 N–H and O–H groups in total. The predicted octanol–water partition coefficient (Wildman–Crippen LogP) is 5.81. The second-order valence-electron chi connectivity index (χ2n) is 4.92. The summed E-state index contributed by atoms with van der Waals surface area (Å²) in [7, 11) is 1.52. The molecular formula is C17H16BrCl2NO3. The van der Waals surface area contributed by atoms with Gasteiger partial charge in [0, 0.05) is 10.6 Å². The van der Waals surface area contributed by atoms with Gasteiger partial charge in [0.05, 0.1) is 28.9 Å². The molecule has 2 rings (SSSR count). The van der Waals surface area contributed by atoms with E-state index in [1.165, 1.54) is 7.11 Å². The van der Waals surface area contributed by atoms with Crippen LogP contribution in [0.3, 0.4) is 0 Å². The van der Waals surface area contributed by atoms with E-state index in [-0.39, 0.29) is 5.91 Å². The summed E-state index contributed by atoms with van der Waals surface area (Å²) in [5.74, 6) is 0.706. The molecule has 0 aliphatic rings. The minimum atomic E-state index is -0.333. The van der Waals surface area contributed by atoms with Gasteiger partial charge in [-0.2, -0.15) is 0 Å². The Labute approximate surface area is 159 Å². The second-order valence-corrected chi connectivity index (χ2v) is 6.61. The largest absolute Gasteiger partial charge is 0.493 e. The van der Waals surface area contributed by atoms with E-state index in [1.54, 1.807) is 30.3 Å². The molecule has 0 spiro atoms. The highest BCUT2D eigenvalue weighted by molar-refractivity contribution is 9.10.